The fourth-order valence-corrected chi connectivity index (χ4v) is 3.47. The predicted molar refractivity (Wildman–Crippen MR) is 97.7 cm³/mol. The average Bonchev–Trinajstić information content (AvgIpc) is 2.61. The molecule has 2 unspecified atom stereocenters. The molecule has 7 heteroatoms. The monoisotopic (exact) mass is 364 g/mol. The molecule has 0 saturated carbocycles. The van der Waals surface area contributed by atoms with Crippen molar-refractivity contribution in [1.29, 1.82) is 0 Å². The summed E-state index contributed by atoms with van der Waals surface area (Å²) >= 11 is 0. The standard InChI is InChI=1S/C19H28N2O5/c1-12-9-16(25-3)17(26-4)10-14(12)13(2)20-18(22)11-21-8-6-5-7-15(21)19(23)24/h9-10,13,15H,5-8,11H2,1-4H3,(H,20,22)(H,23,24). The van der Waals surface area contributed by atoms with Crippen molar-refractivity contribution in [3.8, 4) is 11.5 Å². The van der Waals surface area contributed by atoms with Gasteiger partial charge in [-0.3, -0.25) is 14.5 Å². The lowest BCUT2D eigenvalue weighted by molar-refractivity contribution is -0.145. The molecule has 0 aliphatic carbocycles. The topological polar surface area (TPSA) is 88.1 Å². The second kappa shape index (κ2) is 8.89. The molecule has 1 aromatic carbocycles. The lowest BCUT2D eigenvalue weighted by atomic mass is 10.0. The SMILES string of the molecule is COc1cc(C)c(C(C)NC(=O)CN2CCCCC2C(=O)O)cc1OC. The van der Waals surface area contributed by atoms with Gasteiger partial charge >= 0.3 is 5.97 Å². The number of rotatable bonds is 7. The Morgan fingerprint density at radius 1 is 1.27 bits per heavy atom. The quantitative estimate of drug-likeness (QED) is 0.771. The van der Waals surface area contributed by atoms with E-state index in [-0.39, 0.29) is 18.5 Å². The van der Waals surface area contributed by atoms with E-state index in [2.05, 4.69) is 5.32 Å². The van der Waals surface area contributed by atoms with E-state index in [1.807, 2.05) is 26.0 Å². The maximum absolute atomic E-state index is 12.5. The summed E-state index contributed by atoms with van der Waals surface area (Å²) in [7, 11) is 3.16. The molecule has 1 aliphatic rings. The number of amides is 1. The van der Waals surface area contributed by atoms with Gasteiger partial charge in [0, 0.05) is 0 Å². The van der Waals surface area contributed by atoms with Crippen LogP contribution in [0, 0.1) is 6.92 Å². The zero-order valence-corrected chi connectivity index (χ0v) is 15.9. The molecule has 26 heavy (non-hydrogen) atoms. The van der Waals surface area contributed by atoms with Gasteiger partial charge in [-0.25, -0.2) is 0 Å². The lowest BCUT2D eigenvalue weighted by Gasteiger charge is -2.32. The number of nitrogens with zero attached hydrogens (tertiary/aromatic N) is 1. The minimum atomic E-state index is -0.860. The largest absolute Gasteiger partial charge is 0.493 e. The van der Waals surface area contributed by atoms with Crippen molar-refractivity contribution in [3.05, 3.63) is 23.3 Å². The van der Waals surface area contributed by atoms with Gasteiger partial charge in [0.2, 0.25) is 5.91 Å². The number of carbonyl (C=O) groups excluding carboxylic acids is 1. The number of piperidine rings is 1. The van der Waals surface area contributed by atoms with Gasteiger partial charge in [0.15, 0.2) is 11.5 Å². The molecular formula is C19H28N2O5. The van der Waals surface area contributed by atoms with Crippen LogP contribution in [0.15, 0.2) is 12.1 Å². The Hall–Kier alpha value is -2.28. The van der Waals surface area contributed by atoms with E-state index in [0.717, 1.165) is 24.0 Å². The summed E-state index contributed by atoms with van der Waals surface area (Å²) in [6.45, 7) is 4.57. The minimum absolute atomic E-state index is 0.0909. The molecule has 0 spiro atoms. The Morgan fingerprint density at radius 2 is 1.92 bits per heavy atom. The predicted octanol–water partition coefficient (Wildman–Crippen LogP) is 2.13. The fourth-order valence-electron chi connectivity index (χ4n) is 3.47. The molecule has 1 amide bonds. The van der Waals surface area contributed by atoms with E-state index in [4.69, 9.17) is 9.47 Å². The van der Waals surface area contributed by atoms with E-state index in [1.165, 1.54) is 0 Å². The summed E-state index contributed by atoms with van der Waals surface area (Å²) in [6.07, 6.45) is 2.39. The molecule has 2 N–H and O–H groups in total. The van der Waals surface area contributed by atoms with E-state index in [1.54, 1.807) is 19.1 Å². The zero-order valence-electron chi connectivity index (χ0n) is 15.9. The van der Waals surface area contributed by atoms with Gasteiger partial charge in [-0.15, -0.1) is 0 Å². The highest BCUT2D eigenvalue weighted by molar-refractivity contribution is 5.80. The van der Waals surface area contributed by atoms with E-state index >= 15 is 0 Å². The number of aryl methyl sites for hydroxylation is 1. The Labute approximate surface area is 154 Å². The van der Waals surface area contributed by atoms with Crippen molar-refractivity contribution in [2.45, 2.75) is 45.2 Å². The molecule has 2 rings (SSSR count). The first-order valence-corrected chi connectivity index (χ1v) is 8.86. The summed E-state index contributed by atoms with van der Waals surface area (Å²) < 4.78 is 10.6. The molecule has 1 heterocycles. The maximum Gasteiger partial charge on any atom is 0.320 e. The normalized spacial score (nSPS) is 18.8. The number of ether oxygens (including phenoxy) is 2. The number of carbonyl (C=O) groups is 2. The van der Waals surface area contributed by atoms with E-state index in [9.17, 15) is 14.7 Å². The Balaban J connectivity index is 2.06. The molecular weight excluding hydrogens is 336 g/mol. The van der Waals surface area contributed by atoms with Gasteiger partial charge in [-0.2, -0.15) is 0 Å². The Bertz CT molecular complexity index is 662. The van der Waals surface area contributed by atoms with Crippen molar-refractivity contribution in [1.82, 2.24) is 10.2 Å². The van der Waals surface area contributed by atoms with Crippen molar-refractivity contribution in [2.75, 3.05) is 27.3 Å². The van der Waals surface area contributed by atoms with E-state index < -0.39 is 12.0 Å². The van der Waals surface area contributed by atoms with Crippen molar-refractivity contribution in [2.24, 2.45) is 0 Å². The van der Waals surface area contributed by atoms with Crippen LogP contribution in [0.3, 0.4) is 0 Å². The average molecular weight is 364 g/mol. The van der Waals surface area contributed by atoms with Crippen LogP contribution in [0.5, 0.6) is 11.5 Å². The van der Waals surface area contributed by atoms with Crippen LogP contribution in [0.4, 0.5) is 0 Å². The number of carboxylic acid groups (broad SMARTS) is 1. The Morgan fingerprint density at radius 3 is 2.54 bits per heavy atom. The number of methoxy groups -OCH3 is 2. The van der Waals surface area contributed by atoms with Gasteiger partial charge in [0.1, 0.15) is 6.04 Å². The van der Waals surface area contributed by atoms with Crippen LogP contribution in [0.1, 0.15) is 43.4 Å². The first kappa shape index (κ1) is 20.0. The maximum atomic E-state index is 12.5. The van der Waals surface area contributed by atoms with E-state index in [0.29, 0.717) is 24.5 Å². The number of likely N-dealkylation sites (tertiary alicyclic amines) is 1. The number of benzene rings is 1. The molecule has 1 aromatic rings. The Kier molecular flexibility index (Phi) is 6.85. The zero-order chi connectivity index (χ0) is 19.3. The van der Waals surface area contributed by atoms with Gasteiger partial charge in [0.25, 0.3) is 0 Å². The van der Waals surface area contributed by atoms with Gasteiger partial charge in [-0.1, -0.05) is 6.42 Å². The first-order valence-electron chi connectivity index (χ1n) is 8.86. The molecule has 1 aliphatic heterocycles. The molecule has 0 radical (unpaired) electrons. The number of nitrogens with one attached hydrogen (secondary N) is 1. The van der Waals surface area contributed by atoms with Crippen molar-refractivity contribution >= 4 is 11.9 Å². The molecule has 1 fully saturated rings. The second-order valence-corrected chi connectivity index (χ2v) is 6.67. The van der Waals surface area contributed by atoms with Crippen LogP contribution >= 0.6 is 0 Å². The minimum Gasteiger partial charge on any atom is -0.493 e. The van der Waals surface area contributed by atoms with Crippen molar-refractivity contribution < 1.29 is 24.2 Å². The smallest absolute Gasteiger partial charge is 0.320 e. The number of aliphatic carboxylic acids is 1. The van der Waals surface area contributed by atoms with Crippen molar-refractivity contribution in [3.63, 3.8) is 0 Å². The van der Waals surface area contributed by atoms with Gasteiger partial charge in [-0.05, 0) is 56.5 Å². The summed E-state index contributed by atoms with van der Waals surface area (Å²) in [5.74, 6) is 0.210. The molecule has 0 bridgehead atoms. The van der Waals surface area contributed by atoms with Crippen LogP contribution in [-0.2, 0) is 9.59 Å². The lowest BCUT2D eigenvalue weighted by Crippen LogP contribution is -2.49. The number of carboxylic acids is 1. The fraction of sp³-hybridized carbons (Fsp3) is 0.579. The second-order valence-electron chi connectivity index (χ2n) is 6.67. The third kappa shape index (κ3) is 4.66. The van der Waals surface area contributed by atoms with Crippen LogP contribution in [0.25, 0.3) is 0 Å². The van der Waals surface area contributed by atoms with Crippen LogP contribution in [0.2, 0.25) is 0 Å². The molecule has 0 aromatic heterocycles. The third-order valence-electron chi connectivity index (χ3n) is 4.86. The highest BCUT2D eigenvalue weighted by atomic mass is 16.5. The van der Waals surface area contributed by atoms with Gasteiger partial charge < -0.3 is 19.9 Å². The summed E-state index contributed by atoms with van der Waals surface area (Å²) in [5, 5.41) is 12.3. The molecule has 1 saturated heterocycles. The number of hydrogen-bond donors (Lipinski definition) is 2. The molecule has 7 nitrogen and oxygen atoms in total. The summed E-state index contributed by atoms with van der Waals surface area (Å²) in [5.41, 5.74) is 1.92. The highest BCUT2D eigenvalue weighted by Crippen LogP contribution is 2.32. The molecule has 144 valence electrons. The summed E-state index contributed by atoms with van der Waals surface area (Å²) in [4.78, 5) is 25.6. The molecule has 2 atom stereocenters. The summed E-state index contributed by atoms with van der Waals surface area (Å²) in [6, 6.07) is 2.94. The first-order chi connectivity index (χ1) is 12.4. The van der Waals surface area contributed by atoms with Crippen LogP contribution < -0.4 is 14.8 Å². The third-order valence-corrected chi connectivity index (χ3v) is 4.86. The highest BCUT2D eigenvalue weighted by Gasteiger charge is 2.30. The van der Waals surface area contributed by atoms with Crippen LogP contribution in [-0.4, -0.2) is 55.2 Å². The number of hydrogen-bond acceptors (Lipinski definition) is 5. The van der Waals surface area contributed by atoms with Gasteiger partial charge in [0.05, 0.1) is 26.8 Å².